The van der Waals surface area contributed by atoms with Crippen LogP contribution in [0.25, 0.3) is 11.1 Å². The highest BCUT2D eigenvalue weighted by Crippen LogP contribution is 2.25. The van der Waals surface area contributed by atoms with Crippen molar-refractivity contribution in [3.63, 3.8) is 0 Å². The fourth-order valence-electron chi connectivity index (χ4n) is 1.98. The number of rotatable bonds is 1. The van der Waals surface area contributed by atoms with E-state index >= 15 is 0 Å². The van der Waals surface area contributed by atoms with Gasteiger partial charge in [-0.3, -0.25) is 0 Å². The predicted molar refractivity (Wildman–Crippen MR) is 61.3 cm³/mol. The van der Waals surface area contributed by atoms with Crippen LogP contribution in [0.15, 0.2) is 22.6 Å². The molecule has 0 saturated carbocycles. The van der Waals surface area contributed by atoms with Crippen LogP contribution < -0.4 is 10.6 Å². The Labute approximate surface area is 92.5 Å². The van der Waals surface area contributed by atoms with Crippen molar-refractivity contribution < 1.29 is 9.52 Å². The van der Waals surface area contributed by atoms with Crippen molar-refractivity contribution >= 4 is 22.8 Å². The molecule has 1 aromatic carbocycles. The first-order chi connectivity index (χ1) is 7.72. The summed E-state index contributed by atoms with van der Waals surface area (Å²) in [6, 6.07) is 5.95. The molecule has 0 aliphatic carbocycles. The van der Waals surface area contributed by atoms with Gasteiger partial charge in [0.1, 0.15) is 5.52 Å². The molecule has 84 valence electrons. The summed E-state index contributed by atoms with van der Waals surface area (Å²) in [4.78, 5) is 6.30. The van der Waals surface area contributed by atoms with Gasteiger partial charge >= 0.3 is 0 Å². The lowest BCUT2D eigenvalue weighted by molar-refractivity contribution is 0.198. The second-order valence-electron chi connectivity index (χ2n) is 4.11. The summed E-state index contributed by atoms with van der Waals surface area (Å²) in [5, 5.41) is 9.45. The molecule has 1 aromatic heterocycles. The highest BCUT2D eigenvalue weighted by atomic mass is 16.4. The molecule has 2 aromatic rings. The molecule has 3 N–H and O–H groups in total. The van der Waals surface area contributed by atoms with E-state index in [2.05, 4.69) is 4.98 Å². The molecule has 1 atom stereocenters. The van der Waals surface area contributed by atoms with E-state index in [1.807, 2.05) is 11.0 Å². The molecule has 1 aliphatic heterocycles. The number of oxazole rings is 1. The number of aliphatic hydroxyl groups excluding tert-OH is 1. The Morgan fingerprint density at radius 1 is 1.50 bits per heavy atom. The maximum Gasteiger partial charge on any atom is 0.298 e. The summed E-state index contributed by atoms with van der Waals surface area (Å²) in [5.41, 5.74) is 7.84. The van der Waals surface area contributed by atoms with Crippen molar-refractivity contribution in [1.82, 2.24) is 4.98 Å². The molecule has 0 spiro atoms. The fourth-order valence-corrected chi connectivity index (χ4v) is 1.98. The molecule has 0 radical (unpaired) electrons. The van der Waals surface area contributed by atoms with Crippen molar-refractivity contribution in [3.8, 4) is 0 Å². The molecule has 5 nitrogen and oxygen atoms in total. The second kappa shape index (κ2) is 3.38. The van der Waals surface area contributed by atoms with Gasteiger partial charge in [0.2, 0.25) is 0 Å². The summed E-state index contributed by atoms with van der Waals surface area (Å²) < 4.78 is 5.60. The molecule has 5 heteroatoms. The number of anilines is 2. The predicted octanol–water partition coefficient (Wildman–Crippen LogP) is 0.981. The first-order valence-corrected chi connectivity index (χ1v) is 5.31. The van der Waals surface area contributed by atoms with Gasteiger partial charge in [-0.2, -0.15) is 4.98 Å². The van der Waals surface area contributed by atoms with Crippen LogP contribution in [0.5, 0.6) is 0 Å². The van der Waals surface area contributed by atoms with Gasteiger partial charge in [0.25, 0.3) is 6.01 Å². The Hall–Kier alpha value is -1.75. The Kier molecular flexibility index (Phi) is 2.00. The number of benzene rings is 1. The van der Waals surface area contributed by atoms with E-state index in [0.717, 1.165) is 24.1 Å². The highest BCUT2D eigenvalue weighted by molar-refractivity contribution is 5.78. The van der Waals surface area contributed by atoms with E-state index in [-0.39, 0.29) is 6.10 Å². The zero-order valence-corrected chi connectivity index (χ0v) is 8.76. The van der Waals surface area contributed by atoms with Gasteiger partial charge in [-0.25, -0.2) is 0 Å². The first kappa shape index (κ1) is 9.47. The SMILES string of the molecule is Nc1ccc2oc(N3CCC(O)C3)nc2c1. The number of nitrogen functional groups attached to an aromatic ring is 1. The van der Waals surface area contributed by atoms with Gasteiger partial charge < -0.3 is 20.2 Å². The van der Waals surface area contributed by atoms with Crippen molar-refractivity contribution in [2.75, 3.05) is 23.7 Å². The van der Waals surface area contributed by atoms with E-state index in [1.54, 1.807) is 12.1 Å². The lowest BCUT2D eigenvalue weighted by atomic mass is 10.3. The third-order valence-electron chi connectivity index (χ3n) is 2.83. The van der Waals surface area contributed by atoms with Crippen molar-refractivity contribution in [2.45, 2.75) is 12.5 Å². The Morgan fingerprint density at radius 2 is 2.38 bits per heavy atom. The van der Waals surface area contributed by atoms with Crippen LogP contribution in [0.4, 0.5) is 11.7 Å². The lowest BCUT2D eigenvalue weighted by Gasteiger charge is -2.10. The van der Waals surface area contributed by atoms with Crippen LogP contribution in [0.2, 0.25) is 0 Å². The monoisotopic (exact) mass is 219 g/mol. The molecule has 1 saturated heterocycles. The quantitative estimate of drug-likeness (QED) is 0.699. The molecule has 2 heterocycles. The topological polar surface area (TPSA) is 75.5 Å². The Balaban J connectivity index is 1.99. The standard InChI is InChI=1S/C11H13N3O2/c12-7-1-2-10-9(5-7)13-11(16-10)14-4-3-8(15)6-14/h1-2,5,8,15H,3-4,6,12H2. The number of nitrogens with zero attached hydrogens (tertiary/aromatic N) is 2. The molecule has 0 amide bonds. The van der Waals surface area contributed by atoms with E-state index in [1.165, 1.54) is 0 Å². The second-order valence-corrected chi connectivity index (χ2v) is 4.11. The largest absolute Gasteiger partial charge is 0.423 e. The Bertz CT molecular complexity index is 523. The summed E-state index contributed by atoms with van der Waals surface area (Å²) in [7, 11) is 0. The molecule has 1 unspecified atom stereocenters. The van der Waals surface area contributed by atoms with Crippen LogP contribution >= 0.6 is 0 Å². The van der Waals surface area contributed by atoms with E-state index < -0.39 is 0 Å². The summed E-state index contributed by atoms with van der Waals surface area (Å²) >= 11 is 0. The number of nitrogens with two attached hydrogens (primary N) is 1. The van der Waals surface area contributed by atoms with Gasteiger partial charge in [-0.15, -0.1) is 0 Å². The first-order valence-electron chi connectivity index (χ1n) is 5.31. The van der Waals surface area contributed by atoms with E-state index in [9.17, 15) is 5.11 Å². The number of hydrogen-bond donors (Lipinski definition) is 2. The van der Waals surface area contributed by atoms with Gasteiger partial charge in [-0.1, -0.05) is 0 Å². The molecule has 1 fully saturated rings. The minimum Gasteiger partial charge on any atom is -0.423 e. The third-order valence-corrected chi connectivity index (χ3v) is 2.83. The molecule has 3 rings (SSSR count). The normalized spacial score (nSPS) is 20.8. The number of β-amino-alcohol motifs (C(OH)–C–C–N with tert-alkyl or cyclic N) is 1. The molecular formula is C11H13N3O2. The zero-order valence-electron chi connectivity index (χ0n) is 8.76. The zero-order chi connectivity index (χ0) is 11.1. The summed E-state index contributed by atoms with van der Waals surface area (Å²) in [6.07, 6.45) is 0.487. The number of fused-ring (bicyclic) bond motifs is 1. The summed E-state index contributed by atoms with van der Waals surface area (Å²) in [5.74, 6) is 0. The number of hydrogen-bond acceptors (Lipinski definition) is 5. The van der Waals surface area contributed by atoms with Gasteiger partial charge in [0.15, 0.2) is 5.58 Å². The average Bonchev–Trinajstić information content (AvgIpc) is 2.83. The van der Waals surface area contributed by atoms with E-state index in [0.29, 0.717) is 18.2 Å². The molecule has 1 aliphatic rings. The molecule has 0 bridgehead atoms. The van der Waals surface area contributed by atoms with Crippen LogP contribution in [0, 0.1) is 0 Å². The fraction of sp³-hybridized carbons (Fsp3) is 0.364. The summed E-state index contributed by atoms with van der Waals surface area (Å²) in [6.45, 7) is 1.37. The number of aromatic nitrogens is 1. The average molecular weight is 219 g/mol. The van der Waals surface area contributed by atoms with Crippen LogP contribution in [0.3, 0.4) is 0 Å². The smallest absolute Gasteiger partial charge is 0.298 e. The van der Waals surface area contributed by atoms with Crippen LogP contribution in [-0.4, -0.2) is 29.3 Å². The molecule has 16 heavy (non-hydrogen) atoms. The minimum atomic E-state index is -0.278. The highest BCUT2D eigenvalue weighted by Gasteiger charge is 2.24. The maximum absolute atomic E-state index is 9.45. The van der Waals surface area contributed by atoms with Crippen molar-refractivity contribution in [3.05, 3.63) is 18.2 Å². The third kappa shape index (κ3) is 1.49. The maximum atomic E-state index is 9.45. The van der Waals surface area contributed by atoms with Crippen molar-refractivity contribution in [1.29, 1.82) is 0 Å². The Morgan fingerprint density at radius 3 is 3.12 bits per heavy atom. The van der Waals surface area contributed by atoms with Gasteiger partial charge in [-0.05, 0) is 24.6 Å². The van der Waals surface area contributed by atoms with E-state index in [4.69, 9.17) is 10.2 Å². The van der Waals surface area contributed by atoms with Crippen molar-refractivity contribution in [2.24, 2.45) is 0 Å². The van der Waals surface area contributed by atoms with Gasteiger partial charge in [0, 0.05) is 18.8 Å². The molecular weight excluding hydrogens is 206 g/mol. The lowest BCUT2D eigenvalue weighted by Crippen LogP contribution is -2.21. The van der Waals surface area contributed by atoms with Crippen LogP contribution in [-0.2, 0) is 0 Å². The van der Waals surface area contributed by atoms with Gasteiger partial charge in [0.05, 0.1) is 6.10 Å². The minimum absolute atomic E-state index is 0.278. The number of aliphatic hydroxyl groups is 1. The van der Waals surface area contributed by atoms with Crippen LogP contribution in [0.1, 0.15) is 6.42 Å².